The summed E-state index contributed by atoms with van der Waals surface area (Å²) in [7, 11) is -3.44. The van der Waals surface area contributed by atoms with Gasteiger partial charge in [0.05, 0.1) is 32.4 Å². The van der Waals surface area contributed by atoms with E-state index in [1.54, 1.807) is 18.2 Å². The van der Waals surface area contributed by atoms with Gasteiger partial charge in [-0.2, -0.15) is 0 Å². The van der Waals surface area contributed by atoms with E-state index < -0.39 is 21.6 Å². The summed E-state index contributed by atoms with van der Waals surface area (Å²) in [6.45, 7) is 0. The van der Waals surface area contributed by atoms with Gasteiger partial charge in [0.1, 0.15) is 5.82 Å². The Morgan fingerprint density at radius 3 is 2.39 bits per heavy atom. The summed E-state index contributed by atoms with van der Waals surface area (Å²) in [5.41, 5.74) is 1.49. The van der Waals surface area contributed by atoms with Gasteiger partial charge in [0, 0.05) is 17.5 Å². The minimum absolute atomic E-state index is 0.00909. The number of amides is 1. The van der Waals surface area contributed by atoms with Gasteiger partial charge in [-0.05, 0) is 48.5 Å². The van der Waals surface area contributed by atoms with Crippen LogP contribution in [-0.2, 0) is 9.84 Å². The molecular weight excluding hydrogens is 426 g/mol. The molecule has 0 fully saturated rings. The standard InChI is InChI=1S/C19H13Cl2FN2O3S/c1-28(26,27)13-4-5-14(17(21)9-13)19(25)24-12-3-6-16(20)15(8-12)18-7-2-11(22)10-23-18/h2-10H,1H3,(H,24,25). The number of benzene rings is 2. The van der Waals surface area contributed by atoms with Gasteiger partial charge in [-0.25, -0.2) is 12.8 Å². The second kappa shape index (κ2) is 7.87. The van der Waals surface area contributed by atoms with Crippen molar-refractivity contribution < 1.29 is 17.6 Å². The number of nitrogens with one attached hydrogen (secondary N) is 1. The highest BCUT2D eigenvalue weighted by molar-refractivity contribution is 7.90. The quantitative estimate of drug-likeness (QED) is 0.631. The Balaban J connectivity index is 1.89. The molecule has 9 heteroatoms. The van der Waals surface area contributed by atoms with Crippen LogP contribution in [-0.4, -0.2) is 25.6 Å². The molecule has 2 aromatic carbocycles. The number of hydrogen-bond donors (Lipinski definition) is 1. The molecule has 0 aliphatic rings. The van der Waals surface area contributed by atoms with Crippen LogP contribution in [0.5, 0.6) is 0 Å². The molecule has 0 saturated heterocycles. The number of anilines is 1. The maximum Gasteiger partial charge on any atom is 0.257 e. The van der Waals surface area contributed by atoms with Crippen LogP contribution in [0.25, 0.3) is 11.3 Å². The lowest BCUT2D eigenvalue weighted by Gasteiger charge is -2.10. The highest BCUT2D eigenvalue weighted by Crippen LogP contribution is 2.30. The third-order valence-electron chi connectivity index (χ3n) is 3.84. The van der Waals surface area contributed by atoms with Gasteiger partial charge in [-0.3, -0.25) is 9.78 Å². The average molecular weight is 439 g/mol. The Morgan fingerprint density at radius 1 is 1.04 bits per heavy atom. The fraction of sp³-hybridized carbons (Fsp3) is 0.0526. The number of pyridine rings is 1. The lowest BCUT2D eigenvalue weighted by Crippen LogP contribution is -2.13. The molecule has 1 amide bonds. The van der Waals surface area contributed by atoms with E-state index in [9.17, 15) is 17.6 Å². The van der Waals surface area contributed by atoms with Gasteiger partial charge in [0.15, 0.2) is 9.84 Å². The molecule has 0 bridgehead atoms. The highest BCUT2D eigenvalue weighted by Gasteiger charge is 2.16. The van der Waals surface area contributed by atoms with Gasteiger partial charge in [-0.1, -0.05) is 23.2 Å². The van der Waals surface area contributed by atoms with Gasteiger partial charge >= 0.3 is 0 Å². The van der Waals surface area contributed by atoms with Crippen LogP contribution in [0.15, 0.2) is 59.6 Å². The third kappa shape index (κ3) is 4.49. The number of carbonyl (C=O) groups is 1. The summed E-state index contributed by atoms with van der Waals surface area (Å²) in [5.74, 6) is -0.998. The first kappa shape index (κ1) is 20.3. The average Bonchev–Trinajstić information content (AvgIpc) is 2.63. The smallest absolute Gasteiger partial charge is 0.257 e. The normalized spacial score (nSPS) is 11.3. The van der Waals surface area contributed by atoms with Gasteiger partial charge in [0.25, 0.3) is 5.91 Å². The number of aromatic nitrogens is 1. The number of halogens is 3. The molecule has 0 saturated carbocycles. The Bertz CT molecular complexity index is 1170. The summed E-state index contributed by atoms with van der Waals surface area (Å²) in [5, 5.41) is 3.06. The predicted molar refractivity (Wildman–Crippen MR) is 107 cm³/mol. The monoisotopic (exact) mass is 438 g/mol. The van der Waals surface area contributed by atoms with Crippen LogP contribution < -0.4 is 5.32 Å². The van der Waals surface area contributed by atoms with Crippen molar-refractivity contribution in [2.24, 2.45) is 0 Å². The molecule has 1 N–H and O–H groups in total. The maximum absolute atomic E-state index is 13.1. The summed E-state index contributed by atoms with van der Waals surface area (Å²) in [6, 6.07) is 11.4. The summed E-state index contributed by atoms with van der Waals surface area (Å²) in [6.07, 6.45) is 2.12. The molecule has 0 atom stereocenters. The topological polar surface area (TPSA) is 76.1 Å². The number of carbonyl (C=O) groups excluding carboxylic acids is 1. The lowest BCUT2D eigenvalue weighted by molar-refractivity contribution is 0.102. The van der Waals surface area contributed by atoms with Crippen LogP contribution in [0.1, 0.15) is 10.4 Å². The molecular formula is C19H13Cl2FN2O3S. The molecule has 0 spiro atoms. The second-order valence-corrected chi connectivity index (χ2v) is 8.75. The molecule has 0 aliphatic carbocycles. The largest absolute Gasteiger partial charge is 0.322 e. The molecule has 1 heterocycles. The predicted octanol–water partition coefficient (Wildman–Crippen LogP) is 4.85. The number of nitrogens with zero attached hydrogens (tertiary/aromatic N) is 1. The van der Waals surface area contributed by atoms with Crippen LogP contribution in [0.2, 0.25) is 10.0 Å². The van der Waals surface area contributed by atoms with Gasteiger partial charge < -0.3 is 5.32 Å². The lowest BCUT2D eigenvalue weighted by atomic mass is 10.1. The van der Waals surface area contributed by atoms with E-state index in [-0.39, 0.29) is 15.5 Å². The fourth-order valence-electron chi connectivity index (χ4n) is 2.44. The molecule has 5 nitrogen and oxygen atoms in total. The van der Waals surface area contributed by atoms with Gasteiger partial charge in [-0.15, -0.1) is 0 Å². The SMILES string of the molecule is CS(=O)(=O)c1ccc(C(=O)Nc2ccc(Cl)c(-c3ccc(F)cn3)c2)c(Cl)c1. The third-order valence-corrected chi connectivity index (χ3v) is 5.59. The van der Waals surface area contributed by atoms with E-state index in [4.69, 9.17) is 23.2 Å². The zero-order valence-electron chi connectivity index (χ0n) is 14.4. The molecule has 3 aromatic rings. The van der Waals surface area contributed by atoms with Crippen molar-refractivity contribution in [2.75, 3.05) is 11.6 Å². The van der Waals surface area contributed by atoms with E-state index >= 15 is 0 Å². The Hall–Kier alpha value is -2.48. The van der Waals surface area contributed by atoms with Crippen molar-refractivity contribution in [3.8, 4) is 11.3 Å². The second-order valence-electron chi connectivity index (χ2n) is 5.92. The zero-order chi connectivity index (χ0) is 20.5. The van der Waals surface area contributed by atoms with E-state index in [0.29, 0.717) is 22.0 Å². The Morgan fingerprint density at radius 2 is 1.79 bits per heavy atom. The Kier molecular flexibility index (Phi) is 5.69. The van der Waals surface area contributed by atoms with Crippen molar-refractivity contribution >= 4 is 44.6 Å². The van der Waals surface area contributed by atoms with Crippen LogP contribution in [0.3, 0.4) is 0 Å². The number of hydrogen-bond acceptors (Lipinski definition) is 4. The molecule has 144 valence electrons. The van der Waals surface area contributed by atoms with E-state index in [1.165, 1.54) is 30.3 Å². The first-order chi connectivity index (χ1) is 13.1. The van der Waals surface area contributed by atoms with Gasteiger partial charge in [0.2, 0.25) is 0 Å². The van der Waals surface area contributed by atoms with Crippen LogP contribution >= 0.6 is 23.2 Å². The minimum Gasteiger partial charge on any atom is -0.322 e. The maximum atomic E-state index is 13.1. The first-order valence-electron chi connectivity index (χ1n) is 7.87. The van der Waals surface area contributed by atoms with Crippen LogP contribution in [0.4, 0.5) is 10.1 Å². The number of rotatable bonds is 4. The van der Waals surface area contributed by atoms with E-state index in [1.807, 2.05) is 0 Å². The summed E-state index contributed by atoms with van der Waals surface area (Å²) >= 11 is 12.3. The highest BCUT2D eigenvalue weighted by atomic mass is 35.5. The Labute approximate surface area is 171 Å². The molecule has 0 aliphatic heterocycles. The van der Waals surface area contributed by atoms with E-state index in [0.717, 1.165) is 12.5 Å². The summed E-state index contributed by atoms with van der Waals surface area (Å²) in [4.78, 5) is 16.5. The molecule has 0 radical (unpaired) electrons. The van der Waals surface area contributed by atoms with Crippen molar-refractivity contribution in [1.82, 2.24) is 4.98 Å². The molecule has 28 heavy (non-hydrogen) atoms. The van der Waals surface area contributed by atoms with Crippen molar-refractivity contribution in [3.63, 3.8) is 0 Å². The zero-order valence-corrected chi connectivity index (χ0v) is 16.7. The molecule has 0 unspecified atom stereocenters. The summed E-state index contributed by atoms with van der Waals surface area (Å²) < 4.78 is 36.2. The van der Waals surface area contributed by atoms with Crippen molar-refractivity contribution in [2.45, 2.75) is 4.90 Å². The molecule has 1 aromatic heterocycles. The molecule has 3 rings (SSSR count). The van der Waals surface area contributed by atoms with Crippen LogP contribution in [0, 0.1) is 5.82 Å². The fourth-order valence-corrected chi connectivity index (χ4v) is 3.64. The first-order valence-corrected chi connectivity index (χ1v) is 10.5. The van der Waals surface area contributed by atoms with Crippen molar-refractivity contribution in [1.29, 1.82) is 0 Å². The van der Waals surface area contributed by atoms with Crippen molar-refractivity contribution in [3.05, 3.63) is 76.2 Å². The number of sulfone groups is 1. The van der Waals surface area contributed by atoms with E-state index in [2.05, 4.69) is 10.3 Å². The minimum atomic E-state index is -3.44.